The highest BCUT2D eigenvalue weighted by Crippen LogP contribution is 2.23. The van der Waals surface area contributed by atoms with Crippen molar-refractivity contribution in [3.8, 4) is 0 Å². The summed E-state index contributed by atoms with van der Waals surface area (Å²) in [5.74, 6) is -0.371. The summed E-state index contributed by atoms with van der Waals surface area (Å²) in [5.41, 5.74) is -0.859. The van der Waals surface area contributed by atoms with E-state index in [-0.39, 0.29) is 17.4 Å². The van der Waals surface area contributed by atoms with Gasteiger partial charge in [-0.25, -0.2) is 0 Å². The summed E-state index contributed by atoms with van der Waals surface area (Å²) in [4.78, 5) is 22.2. The molecule has 11 heavy (non-hydrogen) atoms. The number of halogens is 1. The average molecular weight is 177 g/mol. The maximum atomic E-state index is 11.2. The second kappa shape index (κ2) is 3.86. The van der Waals surface area contributed by atoms with E-state index in [1.54, 1.807) is 6.92 Å². The minimum Gasteiger partial charge on any atom is -0.299 e. The number of alkyl halides is 1. The van der Waals surface area contributed by atoms with E-state index in [4.69, 9.17) is 11.6 Å². The molecule has 0 aromatic carbocycles. The summed E-state index contributed by atoms with van der Waals surface area (Å²) in [6.07, 6.45) is 0.522. The van der Waals surface area contributed by atoms with E-state index < -0.39 is 5.41 Å². The molecule has 0 aromatic rings. The molecular weight excluding hydrogens is 164 g/mol. The lowest BCUT2D eigenvalue weighted by Crippen LogP contribution is -2.35. The lowest BCUT2D eigenvalue weighted by atomic mass is 9.80. The lowest BCUT2D eigenvalue weighted by Gasteiger charge is -2.21. The fourth-order valence-electron chi connectivity index (χ4n) is 0.790. The predicted molar refractivity (Wildman–Crippen MR) is 44.8 cm³/mol. The molecule has 0 amide bonds. The van der Waals surface area contributed by atoms with E-state index in [0.717, 1.165) is 0 Å². The van der Waals surface area contributed by atoms with Gasteiger partial charge >= 0.3 is 0 Å². The molecule has 3 heteroatoms. The average Bonchev–Trinajstić information content (AvgIpc) is 2.01. The van der Waals surface area contributed by atoms with Crippen LogP contribution < -0.4 is 0 Å². The molecule has 0 saturated heterocycles. The minimum absolute atomic E-state index is 0.0794. The van der Waals surface area contributed by atoms with Gasteiger partial charge in [0.05, 0.1) is 11.3 Å². The summed E-state index contributed by atoms with van der Waals surface area (Å²) in [7, 11) is 0. The topological polar surface area (TPSA) is 34.1 Å². The van der Waals surface area contributed by atoms with Gasteiger partial charge in [-0.2, -0.15) is 0 Å². The molecule has 1 atom stereocenters. The Morgan fingerprint density at radius 1 is 1.45 bits per heavy atom. The lowest BCUT2D eigenvalue weighted by molar-refractivity contribution is -0.137. The zero-order valence-electron chi connectivity index (χ0n) is 7.11. The van der Waals surface area contributed by atoms with Crippen molar-refractivity contribution in [1.29, 1.82) is 0 Å². The third kappa shape index (κ3) is 2.03. The molecule has 2 nitrogen and oxygen atoms in total. The molecule has 0 aliphatic rings. The number of Topliss-reactive ketones (excluding diaryl/α,β-unsaturated/α-hetero) is 2. The molecule has 0 spiro atoms. The SMILES string of the molecule is CCC(C)(C(C)=O)C(=O)CCl. The van der Waals surface area contributed by atoms with E-state index in [2.05, 4.69) is 0 Å². The van der Waals surface area contributed by atoms with E-state index in [9.17, 15) is 9.59 Å². The fraction of sp³-hybridized carbons (Fsp3) is 0.750. The Labute approximate surface area is 71.9 Å². The van der Waals surface area contributed by atoms with E-state index in [0.29, 0.717) is 6.42 Å². The van der Waals surface area contributed by atoms with Gasteiger partial charge in [-0.05, 0) is 20.3 Å². The normalized spacial score (nSPS) is 15.6. The van der Waals surface area contributed by atoms with Crippen LogP contribution in [0.3, 0.4) is 0 Å². The molecule has 0 rings (SSSR count). The van der Waals surface area contributed by atoms with Crippen LogP contribution in [0.15, 0.2) is 0 Å². The van der Waals surface area contributed by atoms with Crippen LogP contribution in [0.25, 0.3) is 0 Å². The van der Waals surface area contributed by atoms with Crippen LogP contribution in [0.4, 0.5) is 0 Å². The van der Waals surface area contributed by atoms with Gasteiger partial charge in [0, 0.05) is 0 Å². The van der Waals surface area contributed by atoms with E-state index in [1.807, 2.05) is 6.92 Å². The van der Waals surface area contributed by atoms with Gasteiger partial charge in [0.25, 0.3) is 0 Å². The predicted octanol–water partition coefficient (Wildman–Crippen LogP) is 1.80. The molecule has 0 heterocycles. The fourth-order valence-corrected chi connectivity index (χ4v) is 1.08. The van der Waals surface area contributed by atoms with Crippen molar-refractivity contribution in [1.82, 2.24) is 0 Å². The zero-order valence-corrected chi connectivity index (χ0v) is 7.86. The Kier molecular flexibility index (Phi) is 3.73. The summed E-state index contributed by atoms with van der Waals surface area (Å²) < 4.78 is 0. The Morgan fingerprint density at radius 3 is 2.00 bits per heavy atom. The minimum atomic E-state index is -0.859. The van der Waals surface area contributed by atoms with Crippen molar-refractivity contribution >= 4 is 23.2 Å². The highest BCUT2D eigenvalue weighted by Gasteiger charge is 2.34. The maximum Gasteiger partial charge on any atom is 0.160 e. The Bertz CT molecular complexity index is 177. The number of ketones is 2. The standard InChI is InChI=1S/C8H13ClO2/c1-4-8(3,6(2)10)7(11)5-9/h4-5H2,1-3H3. The van der Waals surface area contributed by atoms with Gasteiger partial charge in [0.1, 0.15) is 5.78 Å². The van der Waals surface area contributed by atoms with Crippen LogP contribution in [0.1, 0.15) is 27.2 Å². The largest absolute Gasteiger partial charge is 0.299 e. The van der Waals surface area contributed by atoms with E-state index in [1.165, 1.54) is 6.92 Å². The van der Waals surface area contributed by atoms with Gasteiger partial charge in [-0.3, -0.25) is 9.59 Å². The number of hydrogen-bond donors (Lipinski definition) is 0. The molecule has 0 aliphatic carbocycles. The number of carbonyl (C=O) groups is 2. The van der Waals surface area contributed by atoms with Crippen molar-refractivity contribution in [2.45, 2.75) is 27.2 Å². The molecule has 1 unspecified atom stereocenters. The second-order valence-corrected chi connectivity index (χ2v) is 3.07. The molecule has 0 saturated carbocycles. The second-order valence-electron chi connectivity index (χ2n) is 2.80. The third-order valence-electron chi connectivity index (χ3n) is 2.22. The van der Waals surface area contributed by atoms with Crippen LogP contribution in [-0.2, 0) is 9.59 Å². The first-order chi connectivity index (χ1) is 4.99. The molecule has 0 bridgehead atoms. The summed E-state index contributed by atoms with van der Waals surface area (Å²) in [5, 5.41) is 0. The van der Waals surface area contributed by atoms with Crippen molar-refractivity contribution in [2.75, 3.05) is 5.88 Å². The Balaban J connectivity index is 4.59. The molecule has 0 N–H and O–H groups in total. The molecule has 64 valence electrons. The van der Waals surface area contributed by atoms with Crippen molar-refractivity contribution in [3.05, 3.63) is 0 Å². The van der Waals surface area contributed by atoms with Gasteiger partial charge < -0.3 is 0 Å². The third-order valence-corrected chi connectivity index (χ3v) is 2.46. The van der Waals surface area contributed by atoms with Gasteiger partial charge in [-0.1, -0.05) is 6.92 Å². The summed E-state index contributed by atoms with van der Waals surface area (Å²) in [6, 6.07) is 0. The maximum absolute atomic E-state index is 11.2. The van der Waals surface area contributed by atoms with Crippen LogP contribution in [-0.4, -0.2) is 17.4 Å². The highest BCUT2D eigenvalue weighted by atomic mass is 35.5. The molecule has 0 aliphatic heterocycles. The summed E-state index contributed by atoms with van der Waals surface area (Å²) >= 11 is 5.36. The first-order valence-electron chi connectivity index (χ1n) is 3.59. The Morgan fingerprint density at radius 2 is 1.91 bits per heavy atom. The number of rotatable bonds is 4. The van der Waals surface area contributed by atoms with Crippen LogP contribution in [0, 0.1) is 5.41 Å². The quantitative estimate of drug-likeness (QED) is 0.484. The van der Waals surface area contributed by atoms with Crippen LogP contribution in [0.2, 0.25) is 0 Å². The first-order valence-corrected chi connectivity index (χ1v) is 4.12. The van der Waals surface area contributed by atoms with Gasteiger partial charge in [-0.15, -0.1) is 11.6 Å². The molecular formula is C8H13ClO2. The van der Waals surface area contributed by atoms with Crippen molar-refractivity contribution in [2.24, 2.45) is 5.41 Å². The zero-order chi connectivity index (χ0) is 9.07. The molecule has 0 fully saturated rings. The van der Waals surface area contributed by atoms with Crippen molar-refractivity contribution < 1.29 is 9.59 Å². The van der Waals surface area contributed by atoms with Crippen LogP contribution >= 0.6 is 11.6 Å². The number of hydrogen-bond acceptors (Lipinski definition) is 2. The Hall–Kier alpha value is -0.370. The smallest absolute Gasteiger partial charge is 0.160 e. The monoisotopic (exact) mass is 176 g/mol. The van der Waals surface area contributed by atoms with Crippen LogP contribution in [0.5, 0.6) is 0 Å². The first kappa shape index (κ1) is 10.6. The van der Waals surface area contributed by atoms with Gasteiger partial charge in [0.2, 0.25) is 0 Å². The van der Waals surface area contributed by atoms with Gasteiger partial charge in [0.15, 0.2) is 5.78 Å². The van der Waals surface area contributed by atoms with E-state index >= 15 is 0 Å². The highest BCUT2D eigenvalue weighted by molar-refractivity contribution is 6.30. The van der Waals surface area contributed by atoms with Crippen molar-refractivity contribution in [3.63, 3.8) is 0 Å². The summed E-state index contributed by atoms with van der Waals surface area (Å²) in [6.45, 7) is 4.87. The number of carbonyl (C=O) groups excluding carboxylic acids is 2. The molecule has 0 aromatic heterocycles. The molecule has 0 radical (unpaired) electrons.